The Labute approximate surface area is 98.8 Å². The summed E-state index contributed by atoms with van der Waals surface area (Å²) in [6.45, 7) is 1.73. The van der Waals surface area contributed by atoms with Crippen LogP contribution in [0.25, 0.3) is 0 Å². The monoisotopic (exact) mass is 240 g/mol. The molecule has 86 valence electrons. The third kappa shape index (κ3) is 2.04. The summed E-state index contributed by atoms with van der Waals surface area (Å²) in [4.78, 5) is 19.3. The minimum absolute atomic E-state index is 0.0703. The number of likely N-dealkylation sites (N-methyl/N-ethyl adjacent to an activating group) is 1. The third-order valence-electron chi connectivity index (χ3n) is 2.60. The average molecular weight is 241 g/mol. The zero-order valence-electron chi connectivity index (χ0n) is 8.98. The number of carbonyl (C=O) groups excluding carboxylic acids is 1. The number of nitrogen functional groups attached to an aromatic ring is 1. The molecular formula is C10H13ClN4O. The van der Waals surface area contributed by atoms with Gasteiger partial charge in [-0.3, -0.25) is 4.79 Å². The second kappa shape index (κ2) is 4.17. The first-order valence-corrected chi connectivity index (χ1v) is 5.35. The fourth-order valence-corrected chi connectivity index (χ4v) is 1.91. The molecule has 0 spiro atoms. The number of rotatable bonds is 1. The SMILES string of the molecule is CN1CCN(c2ncc(N)cc2Cl)CC1=O. The Balaban J connectivity index is 2.22. The van der Waals surface area contributed by atoms with Crippen molar-refractivity contribution in [2.24, 2.45) is 0 Å². The number of nitrogens with two attached hydrogens (primary N) is 1. The Bertz CT molecular complexity index is 423. The van der Waals surface area contributed by atoms with Crippen LogP contribution in [0.3, 0.4) is 0 Å². The lowest BCUT2D eigenvalue weighted by molar-refractivity contribution is -0.129. The minimum Gasteiger partial charge on any atom is -0.397 e. The van der Waals surface area contributed by atoms with Crippen LogP contribution < -0.4 is 10.6 Å². The summed E-state index contributed by atoms with van der Waals surface area (Å²) >= 11 is 6.04. The number of halogens is 1. The standard InChI is InChI=1S/C10H13ClN4O/c1-14-2-3-15(6-9(14)16)10-8(11)4-7(12)5-13-10/h4-5H,2-3,6,12H2,1H3. The Morgan fingerprint density at radius 1 is 1.50 bits per heavy atom. The molecule has 1 aliphatic rings. The molecule has 1 aliphatic heterocycles. The van der Waals surface area contributed by atoms with Crippen molar-refractivity contribution in [3.8, 4) is 0 Å². The largest absolute Gasteiger partial charge is 0.397 e. The van der Waals surface area contributed by atoms with E-state index in [1.54, 1.807) is 24.2 Å². The highest BCUT2D eigenvalue weighted by molar-refractivity contribution is 6.33. The van der Waals surface area contributed by atoms with Gasteiger partial charge >= 0.3 is 0 Å². The number of hydrogen-bond donors (Lipinski definition) is 1. The molecule has 6 heteroatoms. The molecule has 0 aliphatic carbocycles. The van der Waals surface area contributed by atoms with Crippen LogP contribution in [0, 0.1) is 0 Å². The zero-order valence-corrected chi connectivity index (χ0v) is 9.74. The van der Waals surface area contributed by atoms with Crippen molar-refractivity contribution >= 4 is 29.0 Å². The molecule has 0 saturated carbocycles. The quantitative estimate of drug-likeness (QED) is 0.781. The van der Waals surface area contributed by atoms with Crippen molar-refractivity contribution < 1.29 is 4.79 Å². The lowest BCUT2D eigenvalue weighted by Crippen LogP contribution is -2.48. The molecule has 5 nitrogen and oxygen atoms in total. The van der Waals surface area contributed by atoms with Crippen LogP contribution in [-0.4, -0.2) is 42.5 Å². The topological polar surface area (TPSA) is 62.5 Å². The predicted molar refractivity (Wildman–Crippen MR) is 63.5 cm³/mol. The van der Waals surface area contributed by atoms with Crippen LogP contribution in [0.2, 0.25) is 5.02 Å². The molecule has 0 radical (unpaired) electrons. The van der Waals surface area contributed by atoms with E-state index in [4.69, 9.17) is 17.3 Å². The van der Waals surface area contributed by atoms with Crippen molar-refractivity contribution in [1.29, 1.82) is 0 Å². The second-order valence-electron chi connectivity index (χ2n) is 3.81. The van der Waals surface area contributed by atoms with Crippen LogP contribution >= 0.6 is 11.6 Å². The van der Waals surface area contributed by atoms with Gasteiger partial charge in [0.05, 0.1) is 23.5 Å². The number of nitrogens with zero attached hydrogens (tertiary/aromatic N) is 3. The maximum atomic E-state index is 11.5. The fraction of sp³-hybridized carbons (Fsp3) is 0.400. The number of pyridine rings is 1. The first-order chi connectivity index (χ1) is 7.58. The smallest absolute Gasteiger partial charge is 0.241 e. The first-order valence-electron chi connectivity index (χ1n) is 4.98. The third-order valence-corrected chi connectivity index (χ3v) is 2.88. The van der Waals surface area contributed by atoms with Gasteiger partial charge in [0.2, 0.25) is 5.91 Å². The zero-order chi connectivity index (χ0) is 11.7. The Morgan fingerprint density at radius 3 is 2.88 bits per heavy atom. The van der Waals surface area contributed by atoms with E-state index in [9.17, 15) is 4.79 Å². The number of anilines is 2. The van der Waals surface area contributed by atoms with Gasteiger partial charge in [-0.1, -0.05) is 11.6 Å². The van der Waals surface area contributed by atoms with Crippen LogP contribution in [-0.2, 0) is 4.79 Å². The van der Waals surface area contributed by atoms with Gasteiger partial charge in [-0.25, -0.2) is 4.98 Å². The lowest BCUT2D eigenvalue weighted by atomic mass is 10.3. The van der Waals surface area contributed by atoms with E-state index in [0.717, 1.165) is 6.54 Å². The van der Waals surface area contributed by atoms with Crippen molar-refractivity contribution in [1.82, 2.24) is 9.88 Å². The molecule has 0 atom stereocenters. The van der Waals surface area contributed by atoms with Gasteiger partial charge in [0.15, 0.2) is 0 Å². The predicted octanol–water partition coefficient (Wildman–Crippen LogP) is 0.596. The highest BCUT2D eigenvalue weighted by Gasteiger charge is 2.23. The number of piperazine rings is 1. The highest BCUT2D eigenvalue weighted by Crippen LogP contribution is 2.25. The molecule has 0 unspecified atom stereocenters. The molecular weight excluding hydrogens is 228 g/mol. The van der Waals surface area contributed by atoms with E-state index in [0.29, 0.717) is 29.6 Å². The van der Waals surface area contributed by atoms with Gasteiger partial charge in [0.25, 0.3) is 0 Å². The summed E-state index contributed by atoms with van der Waals surface area (Å²) in [5.74, 6) is 0.693. The van der Waals surface area contributed by atoms with Gasteiger partial charge in [-0.15, -0.1) is 0 Å². The summed E-state index contributed by atoms with van der Waals surface area (Å²) in [5, 5.41) is 0.484. The highest BCUT2D eigenvalue weighted by atomic mass is 35.5. The molecule has 1 aromatic rings. The summed E-state index contributed by atoms with van der Waals surface area (Å²) in [6.07, 6.45) is 1.55. The summed E-state index contributed by atoms with van der Waals surface area (Å²) < 4.78 is 0. The van der Waals surface area contributed by atoms with Crippen molar-refractivity contribution in [3.63, 3.8) is 0 Å². The van der Waals surface area contributed by atoms with Gasteiger partial charge in [-0.2, -0.15) is 0 Å². The lowest BCUT2D eigenvalue weighted by Gasteiger charge is -2.33. The molecule has 1 aromatic heterocycles. The molecule has 0 aromatic carbocycles. The second-order valence-corrected chi connectivity index (χ2v) is 4.22. The van der Waals surface area contributed by atoms with Crippen molar-refractivity contribution in [2.45, 2.75) is 0 Å². The number of amides is 1. The maximum absolute atomic E-state index is 11.5. The number of aromatic nitrogens is 1. The number of carbonyl (C=O) groups is 1. The Kier molecular flexibility index (Phi) is 2.87. The Morgan fingerprint density at radius 2 is 2.25 bits per heavy atom. The van der Waals surface area contributed by atoms with E-state index >= 15 is 0 Å². The summed E-state index contributed by atoms with van der Waals surface area (Å²) in [7, 11) is 1.79. The molecule has 2 rings (SSSR count). The molecule has 2 heterocycles. The fourth-order valence-electron chi connectivity index (χ4n) is 1.62. The van der Waals surface area contributed by atoms with Crippen LogP contribution in [0.15, 0.2) is 12.3 Å². The van der Waals surface area contributed by atoms with Crippen LogP contribution in [0.5, 0.6) is 0 Å². The van der Waals surface area contributed by atoms with E-state index in [-0.39, 0.29) is 5.91 Å². The number of hydrogen-bond acceptors (Lipinski definition) is 4. The Hall–Kier alpha value is -1.49. The van der Waals surface area contributed by atoms with E-state index < -0.39 is 0 Å². The van der Waals surface area contributed by atoms with Gasteiger partial charge in [-0.05, 0) is 6.07 Å². The van der Waals surface area contributed by atoms with Gasteiger partial charge in [0, 0.05) is 20.1 Å². The normalized spacial score (nSPS) is 16.8. The van der Waals surface area contributed by atoms with Crippen LogP contribution in [0.4, 0.5) is 11.5 Å². The molecule has 16 heavy (non-hydrogen) atoms. The summed E-state index contributed by atoms with van der Waals surface area (Å²) in [6, 6.07) is 1.65. The maximum Gasteiger partial charge on any atom is 0.241 e. The van der Waals surface area contributed by atoms with Crippen molar-refractivity contribution in [3.05, 3.63) is 17.3 Å². The van der Waals surface area contributed by atoms with E-state index in [1.165, 1.54) is 0 Å². The molecule has 1 fully saturated rings. The average Bonchev–Trinajstić information content (AvgIpc) is 2.22. The molecule has 2 N–H and O–H groups in total. The first kappa shape index (κ1) is 11.0. The minimum atomic E-state index is 0.0703. The molecule has 0 bridgehead atoms. The van der Waals surface area contributed by atoms with E-state index in [1.807, 2.05) is 4.90 Å². The summed E-state index contributed by atoms with van der Waals surface area (Å²) in [5.41, 5.74) is 6.09. The van der Waals surface area contributed by atoms with Crippen molar-refractivity contribution in [2.75, 3.05) is 37.3 Å². The molecule has 1 saturated heterocycles. The van der Waals surface area contributed by atoms with Gasteiger partial charge in [0.1, 0.15) is 5.82 Å². The van der Waals surface area contributed by atoms with Crippen LogP contribution in [0.1, 0.15) is 0 Å². The molecule has 1 amide bonds. The van der Waals surface area contributed by atoms with Gasteiger partial charge < -0.3 is 15.5 Å². The van der Waals surface area contributed by atoms with E-state index in [2.05, 4.69) is 4.98 Å².